The van der Waals surface area contributed by atoms with Crippen LogP contribution in [0.3, 0.4) is 0 Å². The van der Waals surface area contributed by atoms with E-state index in [1.54, 1.807) is 12.1 Å². The molecule has 0 spiro atoms. The molecule has 54 heavy (non-hydrogen) atoms. The number of hydrogen-bond acceptors (Lipinski definition) is 4. The SMILES string of the molecule is Brc1ccc(N(c2ccccc2)c2ccc(-c3ccccc3)cc2)cc1.OB(O)c1ccc(N(c2ccccc2)c2ccc(-c3ccccc3)cc2)cc1. The third-order valence-electron chi connectivity index (χ3n) is 9.03. The first-order valence-corrected chi connectivity index (χ1v) is 18.6. The zero-order chi connectivity index (χ0) is 37.1. The van der Waals surface area contributed by atoms with Crippen molar-refractivity contribution in [1.29, 1.82) is 0 Å². The van der Waals surface area contributed by atoms with Gasteiger partial charge in [0.25, 0.3) is 0 Å². The summed E-state index contributed by atoms with van der Waals surface area (Å²) in [5, 5.41) is 18.7. The molecule has 8 aromatic rings. The molecule has 8 rings (SSSR count). The van der Waals surface area contributed by atoms with Gasteiger partial charge in [-0.25, -0.2) is 0 Å². The lowest BCUT2D eigenvalue weighted by Crippen LogP contribution is -2.29. The van der Waals surface area contributed by atoms with Gasteiger partial charge in [-0.2, -0.15) is 0 Å². The maximum absolute atomic E-state index is 9.37. The molecule has 0 saturated heterocycles. The lowest BCUT2D eigenvalue weighted by Gasteiger charge is -2.26. The van der Waals surface area contributed by atoms with Gasteiger partial charge in [0.05, 0.1) is 0 Å². The van der Waals surface area contributed by atoms with Crippen LogP contribution in [0.1, 0.15) is 0 Å². The Morgan fingerprint density at radius 3 is 0.889 bits per heavy atom. The first-order valence-electron chi connectivity index (χ1n) is 17.8. The second-order valence-electron chi connectivity index (χ2n) is 12.6. The van der Waals surface area contributed by atoms with Gasteiger partial charge in [0.15, 0.2) is 0 Å². The Labute approximate surface area is 326 Å². The number of rotatable bonds is 9. The molecule has 262 valence electrons. The number of hydrogen-bond donors (Lipinski definition) is 2. The fourth-order valence-electron chi connectivity index (χ4n) is 6.30. The second-order valence-corrected chi connectivity index (χ2v) is 13.5. The molecule has 0 unspecified atom stereocenters. The quantitative estimate of drug-likeness (QED) is 0.144. The highest BCUT2D eigenvalue weighted by molar-refractivity contribution is 9.10. The van der Waals surface area contributed by atoms with Gasteiger partial charge in [0, 0.05) is 38.6 Å². The van der Waals surface area contributed by atoms with E-state index in [0.717, 1.165) is 44.2 Å². The minimum atomic E-state index is -1.47. The molecule has 2 N–H and O–H groups in total. The van der Waals surface area contributed by atoms with Crippen molar-refractivity contribution in [3.05, 3.63) is 223 Å². The van der Waals surface area contributed by atoms with Crippen LogP contribution in [-0.4, -0.2) is 17.2 Å². The highest BCUT2D eigenvalue weighted by atomic mass is 79.9. The Kier molecular flexibility index (Phi) is 11.8. The van der Waals surface area contributed by atoms with Gasteiger partial charge in [0.1, 0.15) is 0 Å². The van der Waals surface area contributed by atoms with E-state index in [-0.39, 0.29) is 0 Å². The highest BCUT2D eigenvalue weighted by Gasteiger charge is 2.16. The number of anilines is 6. The van der Waals surface area contributed by atoms with Crippen molar-refractivity contribution in [3.8, 4) is 22.3 Å². The molecule has 4 nitrogen and oxygen atoms in total. The van der Waals surface area contributed by atoms with E-state index in [4.69, 9.17) is 0 Å². The zero-order valence-electron chi connectivity index (χ0n) is 29.5. The van der Waals surface area contributed by atoms with Crippen LogP contribution in [0.25, 0.3) is 22.3 Å². The standard InChI is InChI=1S/C24H20BNO2.C24H18BrN/c27-25(28)21-13-17-24(18-14-21)26(22-9-5-2-6-10-22)23-15-11-20(12-16-23)19-7-3-1-4-8-19;25-21-13-17-24(18-14-21)26(22-9-5-2-6-10-22)23-15-11-20(12-16-23)19-7-3-1-4-8-19/h1-18,27-28H;1-18H. The predicted molar refractivity (Wildman–Crippen MR) is 231 cm³/mol. The molecule has 0 aromatic heterocycles. The third kappa shape index (κ3) is 8.88. The Hall–Kier alpha value is -6.18. The highest BCUT2D eigenvalue weighted by Crippen LogP contribution is 2.37. The molecule has 0 heterocycles. The van der Waals surface area contributed by atoms with Crippen molar-refractivity contribution in [3.63, 3.8) is 0 Å². The summed E-state index contributed by atoms with van der Waals surface area (Å²) < 4.78 is 1.08. The number of halogens is 1. The van der Waals surface area contributed by atoms with Crippen LogP contribution in [0.4, 0.5) is 34.1 Å². The van der Waals surface area contributed by atoms with Crippen LogP contribution in [0.15, 0.2) is 223 Å². The minimum absolute atomic E-state index is 0.469. The maximum Gasteiger partial charge on any atom is 0.488 e. The first-order chi connectivity index (χ1) is 26.5. The smallest absolute Gasteiger partial charge is 0.423 e. The van der Waals surface area contributed by atoms with E-state index in [2.05, 4.69) is 171 Å². The average Bonchev–Trinajstić information content (AvgIpc) is 3.24. The minimum Gasteiger partial charge on any atom is -0.423 e. The molecule has 0 amide bonds. The fraction of sp³-hybridized carbons (Fsp3) is 0. The maximum atomic E-state index is 9.37. The Bertz CT molecular complexity index is 2330. The third-order valence-corrected chi connectivity index (χ3v) is 9.56. The number of benzene rings is 8. The zero-order valence-corrected chi connectivity index (χ0v) is 31.1. The average molecular weight is 766 g/mol. The van der Waals surface area contributed by atoms with Gasteiger partial charge in [-0.3, -0.25) is 0 Å². The van der Waals surface area contributed by atoms with Crippen molar-refractivity contribution in [2.75, 3.05) is 9.80 Å². The molecule has 0 radical (unpaired) electrons. The topological polar surface area (TPSA) is 46.9 Å². The van der Waals surface area contributed by atoms with Crippen molar-refractivity contribution in [1.82, 2.24) is 0 Å². The van der Waals surface area contributed by atoms with Gasteiger partial charge < -0.3 is 19.8 Å². The molecule has 0 fully saturated rings. The van der Waals surface area contributed by atoms with E-state index < -0.39 is 7.12 Å². The van der Waals surface area contributed by atoms with Gasteiger partial charge in [0.2, 0.25) is 0 Å². The van der Waals surface area contributed by atoms with Gasteiger partial charge in [-0.15, -0.1) is 0 Å². The Morgan fingerprint density at radius 2 is 0.556 bits per heavy atom. The lowest BCUT2D eigenvalue weighted by molar-refractivity contribution is 0.426. The summed E-state index contributed by atoms with van der Waals surface area (Å²) in [4.78, 5) is 4.41. The molecular weight excluding hydrogens is 727 g/mol. The molecule has 0 bridgehead atoms. The summed E-state index contributed by atoms with van der Waals surface area (Å²) in [6, 6.07) is 74.1. The summed E-state index contributed by atoms with van der Waals surface area (Å²) in [5.41, 5.74) is 11.7. The van der Waals surface area contributed by atoms with Crippen molar-refractivity contribution in [2.24, 2.45) is 0 Å². The lowest BCUT2D eigenvalue weighted by atomic mass is 9.80. The summed E-state index contributed by atoms with van der Waals surface area (Å²) in [6.07, 6.45) is 0. The van der Waals surface area contributed by atoms with Gasteiger partial charge >= 0.3 is 7.12 Å². The summed E-state index contributed by atoms with van der Waals surface area (Å²) in [5.74, 6) is 0. The van der Waals surface area contributed by atoms with Gasteiger partial charge in [-0.05, 0) is 113 Å². The molecule has 6 heteroatoms. The van der Waals surface area contributed by atoms with E-state index in [9.17, 15) is 10.0 Å². The predicted octanol–water partition coefficient (Wildman–Crippen LogP) is 12.1. The molecule has 0 aliphatic carbocycles. The van der Waals surface area contributed by atoms with E-state index in [1.807, 2.05) is 60.7 Å². The summed E-state index contributed by atoms with van der Waals surface area (Å²) >= 11 is 3.52. The molecule has 0 aliphatic rings. The van der Waals surface area contributed by atoms with E-state index in [0.29, 0.717) is 5.46 Å². The fourth-order valence-corrected chi connectivity index (χ4v) is 6.57. The summed E-state index contributed by atoms with van der Waals surface area (Å²) in [7, 11) is -1.47. The van der Waals surface area contributed by atoms with Crippen LogP contribution in [0, 0.1) is 0 Å². The molecule has 0 saturated carbocycles. The van der Waals surface area contributed by atoms with Crippen LogP contribution in [0.5, 0.6) is 0 Å². The van der Waals surface area contributed by atoms with E-state index >= 15 is 0 Å². The Morgan fingerprint density at radius 1 is 0.296 bits per heavy atom. The molecule has 0 aliphatic heterocycles. The van der Waals surface area contributed by atoms with Gasteiger partial charge in [-0.1, -0.05) is 149 Å². The molecule has 8 aromatic carbocycles. The monoisotopic (exact) mass is 764 g/mol. The molecule has 0 atom stereocenters. The largest absolute Gasteiger partial charge is 0.488 e. The van der Waals surface area contributed by atoms with Crippen molar-refractivity contribution < 1.29 is 10.0 Å². The number of para-hydroxylation sites is 2. The van der Waals surface area contributed by atoms with Crippen LogP contribution in [0.2, 0.25) is 0 Å². The number of nitrogens with zero attached hydrogens (tertiary/aromatic N) is 2. The Balaban J connectivity index is 0.000000167. The van der Waals surface area contributed by atoms with Crippen LogP contribution in [-0.2, 0) is 0 Å². The first kappa shape index (κ1) is 36.2. The van der Waals surface area contributed by atoms with Crippen LogP contribution >= 0.6 is 15.9 Å². The second kappa shape index (κ2) is 17.6. The van der Waals surface area contributed by atoms with Crippen molar-refractivity contribution in [2.45, 2.75) is 0 Å². The van der Waals surface area contributed by atoms with Crippen LogP contribution < -0.4 is 15.3 Å². The van der Waals surface area contributed by atoms with Crippen molar-refractivity contribution >= 4 is 62.6 Å². The van der Waals surface area contributed by atoms with E-state index in [1.165, 1.54) is 16.7 Å². The normalized spacial score (nSPS) is 10.5. The summed E-state index contributed by atoms with van der Waals surface area (Å²) in [6.45, 7) is 0. The molecular formula is C48H38BBrN2O2.